The van der Waals surface area contributed by atoms with Gasteiger partial charge in [-0.3, -0.25) is 14.5 Å². The van der Waals surface area contributed by atoms with Crippen molar-refractivity contribution in [1.29, 1.82) is 0 Å². The van der Waals surface area contributed by atoms with Crippen molar-refractivity contribution < 1.29 is 45.4 Å². The number of nitrogens with zero attached hydrogens (tertiary/aromatic N) is 2. The highest BCUT2D eigenvalue weighted by atomic mass is 79.9. The summed E-state index contributed by atoms with van der Waals surface area (Å²) in [5.74, 6) is -12.0. The highest BCUT2D eigenvalue weighted by Gasteiger charge is 2.35. The van der Waals surface area contributed by atoms with Gasteiger partial charge in [-0.05, 0) is 72.1 Å². The van der Waals surface area contributed by atoms with Crippen LogP contribution in [0.15, 0.2) is 54.9 Å². The van der Waals surface area contributed by atoms with E-state index in [9.17, 15) is 31.9 Å². The van der Waals surface area contributed by atoms with Crippen molar-refractivity contribution in [3.8, 4) is 5.75 Å². The molecule has 282 valence electrons. The van der Waals surface area contributed by atoms with Gasteiger partial charge < -0.3 is 14.7 Å². The lowest BCUT2D eigenvalue weighted by Crippen LogP contribution is -2.38. The fraction of sp³-hybridized carbons (Fsp3) is 0.324. The van der Waals surface area contributed by atoms with Crippen LogP contribution in [0.5, 0.6) is 5.75 Å². The van der Waals surface area contributed by atoms with Crippen LogP contribution in [0, 0.1) is 23.3 Å². The van der Waals surface area contributed by atoms with Crippen molar-refractivity contribution in [2.24, 2.45) is 0 Å². The third kappa shape index (κ3) is 8.95. The van der Waals surface area contributed by atoms with Crippen molar-refractivity contribution in [2.75, 3.05) is 22.0 Å². The molecule has 0 bridgehead atoms. The average Bonchev–Trinajstić information content (AvgIpc) is 3.94. The number of carboxylic acid groups (broad SMARTS) is 1. The summed E-state index contributed by atoms with van der Waals surface area (Å²) in [7, 11) is -5.03. The number of ether oxygens (including phenoxy) is 1. The second-order valence-corrected chi connectivity index (χ2v) is 16.6. The highest BCUT2D eigenvalue weighted by Crippen LogP contribution is 2.44. The standard InChI is InChI=1S/C37H35BrClF4N3O6S/c1-5-52-27-15-21(36(48)49)8-9-26(27)46(17-19-12-22(20-6-7-20)14-23(13-19)37(2,3)4)28(47)18-53(50,51)45-35-29(31(40)32(41)33(42)34(35)43)30(38)24-16-44-11-10-25(24)39/h8-16,20,30,45H,5-7,17-18H2,1-4H3,(H,48,49). The van der Waals surface area contributed by atoms with Crippen LogP contribution in [-0.4, -0.2) is 42.7 Å². The number of benzene rings is 3. The molecule has 53 heavy (non-hydrogen) atoms. The van der Waals surface area contributed by atoms with Gasteiger partial charge in [0.1, 0.15) is 11.5 Å². The van der Waals surface area contributed by atoms with E-state index in [1.807, 2.05) is 32.9 Å². The van der Waals surface area contributed by atoms with Crippen LogP contribution >= 0.6 is 27.5 Å². The summed E-state index contributed by atoms with van der Waals surface area (Å²) >= 11 is 9.27. The van der Waals surface area contributed by atoms with Crippen LogP contribution in [0.2, 0.25) is 5.02 Å². The van der Waals surface area contributed by atoms with Gasteiger partial charge in [0.05, 0.1) is 34.9 Å². The van der Waals surface area contributed by atoms with E-state index in [1.54, 1.807) is 11.6 Å². The number of aromatic carboxylic acids is 1. The smallest absolute Gasteiger partial charge is 0.335 e. The number of sulfonamides is 1. The Kier molecular flexibility index (Phi) is 11.8. The summed E-state index contributed by atoms with van der Waals surface area (Å²) in [5, 5.41) is 9.59. The summed E-state index contributed by atoms with van der Waals surface area (Å²) in [6.07, 6.45) is 4.38. The number of hydrogen-bond donors (Lipinski definition) is 2. The Morgan fingerprint density at radius 1 is 1.06 bits per heavy atom. The van der Waals surface area contributed by atoms with Gasteiger partial charge in [0, 0.05) is 28.5 Å². The van der Waals surface area contributed by atoms with Crippen LogP contribution in [0.4, 0.5) is 28.9 Å². The van der Waals surface area contributed by atoms with Gasteiger partial charge >= 0.3 is 5.97 Å². The third-order valence-electron chi connectivity index (χ3n) is 8.57. The Hall–Kier alpha value is -4.21. The molecule has 1 aliphatic rings. The summed E-state index contributed by atoms with van der Waals surface area (Å²) in [4.78, 5) is 29.4. The van der Waals surface area contributed by atoms with E-state index < -0.39 is 67.0 Å². The number of aromatic nitrogens is 1. The molecule has 5 rings (SSSR count). The molecule has 2 N–H and O–H groups in total. The number of halogens is 6. The van der Waals surface area contributed by atoms with Crippen LogP contribution in [0.1, 0.15) is 89.5 Å². The van der Waals surface area contributed by atoms with Gasteiger partial charge in [-0.2, -0.15) is 0 Å². The molecule has 0 saturated heterocycles. The topological polar surface area (TPSA) is 126 Å². The first-order valence-corrected chi connectivity index (χ1v) is 19.3. The molecule has 0 radical (unpaired) electrons. The molecule has 1 unspecified atom stereocenters. The monoisotopic (exact) mass is 839 g/mol. The van der Waals surface area contributed by atoms with Crippen LogP contribution in [0.3, 0.4) is 0 Å². The molecular formula is C37H35BrClF4N3O6S. The van der Waals surface area contributed by atoms with E-state index in [0.717, 1.165) is 35.1 Å². The Bertz CT molecular complexity index is 2200. The Balaban J connectivity index is 1.59. The number of anilines is 2. The Morgan fingerprint density at radius 3 is 2.34 bits per heavy atom. The summed E-state index contributed by atoms with van der Waals surface area (Å²) in [5.41, 5.74) is -0.0978. The molecule has 9 nitrogen and oxygen atoms in total. The van der Waals surface area contributed by atoms with Crippen molar-refractivity contribution >= 4 is 60.8 Å². The summed E-state index contributed by atoms with van der Waals surface area (Å²) in [6, 6.07) is 10.9. The lowest BCUT2D eigenvalue weighted by atomic mass is 9.84. The van der Waals surface area contributed by atoms with Crippen LogP contribution in [0.25, 0.3) is 0 Å². The zero-order chi connectivity index (χ0) is 39.0. The third-order valence-corrected chi connectivity index (χ3v) is 11.0. The number of hydrogen-bond acceptors (Lipinski definition) is 6. The number of amides is 1. The average molecular weight is 841 g/mol. The first-order chi connectivity index (χ1) is 24.8. The molecule has 16 heteroatoms. The molecule has 4 aromatic rings. The SMILES string of the molecule is CCOc1cc(C(=O)O)ccc1N(Cc1cc(C2CC2)cc(C(C)(C)C)c1)C(=O)CS(=O)(=O)Nc1c(F)c(F)c(F)c(F)c1C(Br)c1cnccc1Cl. The molecule has 1 heterocycles. The first-order valence-electron chi connectivity index (χ1n) is 16.4. The van der Waals surface area contributed by atoms with E-state index in [1.165, 1.54) is 30.5 Å². The predicted octanol–water partition coefficient (Wildman–Crippen LogP) is 9.02. The van der Waals surface area contributed by atoms with E-state index in [-0.39, 0.29) is 46.2 Å². The molecule has 0 spiro atoms. The second kappa shape index (κ2) is 15.6. The summed E-state index contributed by atoms with van der Waals surface area (Å²) < 4.78 is 94.8. The van der Waals surface area contributed by atoms with Gasteiger partial charge in [-0.15, -0.1) is 0 Å². The fourth-order valence-corrected chi connectivity index (χ4v) is 7.88. The van der Waals surface area contributed by atoms with Crippen molar-refractivity contribution in [3.05, 3.63) is 117 Å². The number of carbonyl (C=O) groups excluding carboxylic acids is 1. The molecule has 0 aliphatic heterocycles. The fourth-order valence-electron chi connectivity index (χ4n) is 5.68. The highest BCUT2D eigenvalue weighted by molar-refractivity contribution is 9.09. The predicted molar refractivity (Wildman–Crippen MR) is 197 cm³/mol. The van der Waals surface area contributed by atoms with Gasteiger partial charge in [-0.1, -0.05) is 66.5 Å². The molecule has 1 atom stereocenters. The molecular weight excluding hydrogens is 806 g/mol. The van der Waals surface area contributed by atoms with Crippen LogP contribution < -0.4 is 14.4 Å². The number of pyridine rings is 1. The Labute approximate surface area is 317 Å². The summed E-state index contributed by atoms with van der Waals surface area (Å²) in [6.45, 7) is 7.56. The lowest BCUT2D eigenvalue weighted by molar-refractivity contribution is -0.116. The van der Waals surface area contributed by atoms with Gasteiger partial charge in [-0.25, -0.2) is 30.8 Å². The lowest BCUT2D eigenvalue weighted by Gasteiger charge is -2.27. The number of rotatable bonds is 13. The number of carboxylic acids is 1. The van der Waals surface area contributed by atoms with E-state index in [4.69, 9.17) is 16.3 Å². The molecule has 1 aliphatic carbocycles. The van der Waals surface area contributed by atoms with Crippen molar-refractivity contribution in [1.82, 2.24) is 4.98 Å². The maximum Gasteiger partial charge on any atom is 0.335 e. The second-order valence-electron chi connectivity index (χ2n) is 13.6. The van der Waals surface area contributed by atoms with E-state index >= 15 is 8.78 Å². The van der Waals surface area contributed by atoms with E-state index in [2.05, 4.69) is 27.0 Å². The van der Waals surface area contributed by atoms with Gasteiger partial charge in [0.25, 0.3) is 0 Å². The molecule has 1 amide bonds. The minimum Gasteiger partial charge on any atom is -0.492 e. The molecule has 1 saturated carbocycles. The minimum atomic E-state index is -5.03. The van der Waals surface area contributed by atoms with E-state index in [0.29, 0.717) is 11.5 Å². The molecule has 3 aromatic carbocycles. The zero-order valence-electron chi connectivity index (χ0n) is 28.9. The zero-order valence-corrected chi connectivity index (χ0v) is 32.1. The maximum atomic E-state index is 15.4. The van der Waals surface area contributed by atoms with Gasteiger partial charge in [0.2, 0.25) is 15.9 Å². The quantitative estimate of drug-likeness (QED) is 0.0596. The molecule has 1 fully saturated rings. The van der Waals surface area contributed by atoms with Crippen molar-refractivity contribution in [2.45, 2.75) is 63.2 Å². The minimum absolute atomic E-state index is 0.0301. The normalized spacial score (nSPS) is 13.8. The first kappa shape index (κ1) is 40.0. The molecule has 1 aromatic heterocycles. The Morgan fingerprint density at radius 2 is 1.74 bits per heavy atom. The van der Waals surface area contributed by atoms with Crippen molar-refractivity contribution in [3.63, 3.8) is 0 Å². The number of carbonyl (C=O) groups is 2. The largest absolute Gasteiger partial charge is 0.492 e. The number of alkyl halides is 1. The maximum absolute atomic E-state index is 15.4. The van der Waals surface area contributed by atoms with Crippen LogP contribution in [-0.2, 0) is 26.8 Å². The van der Waals surface area contributed by atoms with Gasteiger partial charge in [0.15, 0.2) is 23.3 Å². The number of nitrogens with one attached hydrogen (secondary N) is 1.